The summed E-state index contributed by atoms with van der Waals surface area (Å²) in [5.41, 5.74) is 1.79. The Bertz CT molecular complexity index is 946. The molecule has 3 rings (SSSR count). The summed E-state index contributed by atoms with van der Waals surface area (Å²) in [6.45, 7) is 0.113. The number of rotatable bonds is 7. The lowest BCUT2D eigenvalue weighted by Crippen LogP contribution is -2.21. The number of nitrogens with one attached hydrogen (secondary N) is 2. The molecule has 0 aliphatic rings. The van der Waals surface area contributed by atoms with Gasteiger partial charge in [-0.15, -0.1) is 11.3 Å². The SMILES string of the molecule is COc1ccccc1NCC(=O)Nc1ncc(Cc2ccc(Cl)c(Cl)c2)s1. The largest absolute Gasteiger partial charge is 0.495 e. The van der Waals surface area contributed by atoms with Crippen LogP contribution < -0.4 is 15.4 Å². The van der Waals surface area contributed by atoms with Crippen molar-refractivity contribution in [3.05, 3.63) is 69.1 Å². The summed E-state index contributed by atoms with van der Waals surface area (Å²) in [6.07, 6.45) is 2.42. The summed E-state index contributed by atoms with van der Waals surface area (Å²) >= 11 is 13.4. The average molecular weight is 422 g/mol. The quantitative estimate of drug-likeness (QED) is 0.556. The lowest BCUT2D eigenvalue weighted by Gasteiger charge is -2.10. The lowest BCUT2D eigenvalue weighted by atomic mass is 10.1. The minimum absolute atomic E-state index is 0.113. The Morgan fingerprint density at radius 1 is 1.19 bits per heavy atom. The maximum Gasteiger partial charge on any atom is 0.245 e. The molecule has 0 unspecified atom stereocenters. The fourth-order valence-corrected chi connectivity index (χ4v) is 3.61. The number of methoxy groups -OCH3 is 1. The number of thiazole rings is 1. The van der Waals surface area contributed by atoms with Crippen molar-refractivity contribution in [1.82, 2.24) is 4.98 Å². The minimum atomic E-state index is -0.184. The van der Waals surface area contributed by atoms with Crippen LogP contribution in [0, 0.1) is 0 Å². The van der Waals surface area contributed by atoms with Gasteiger partial charge in [-0.3, -0.25) is 4.79 Å². The van der Waals surface area contributed by atoms with Gasteiger partial charge in [-0.05, 0) is 29.8 Å². The number of benzene rings is 2. The number of ether oxygens (including phenoxy) is 1. The summed E-state index contributed by atoms with van der Waals surface area (Å²) in [6, 6.07) is 12.9. The maximum atomic E-state index is 12.2. The van der Waals surface area contributed by atoms with Gasteiger partial charge in [0.2, 0.25) is 5.91 Å². The molecule has 0 spiro atoms. The van der Waals surface area contributed by atoms with E-state index in [2.05, 4.69) is 15.6 Å². The first-order valence-corrected chi connectivity index (χ1v) is 9.68. The fourth-order valence-electron chi connectivity index (χ4n) is 2.43. The number of amides is 1. The summed E-state index contributed by atoms with van der Waals surface area (Å²) in [5, 5.41) is 7.45. The summed E-state index contributed by atoms with van der Waals surface area (Å²) < 4.78 is 5.25. The zero-order valence-corrected chi connectivity index (χ0v) is 16.8. The molecule has 1 aromatic heterocycles. The number of carbonyl (C=O) groups is 1. The average Bonchev–Trinajstić information content (AvgIpc) is 3.10. The number of hydrogen-bond acceptors (Lipinski definition) is 5. The number of anilines is 2. The second-order valence-electron chi connectivity index (χ2n) is 5.66. The third kappa shape index (κ3) is 5.35. The van der Waals surface area contributed by atoms with E-state index in [0.717, 1.165) is 16.1 Å². The van der Waals surface area contributed by atoms with Crippen molar-refractivity contribution in [2.75, 3.05) is 24.3 Å². The van der Waals surface area contributed by atoms with Crippen LogP contribution in [0.15, 0.2) is 48.7 Å². The third-order valence-electron chi connectivity index (χ3n) is 3.71. The third-order valence-corrected chi connectivity index (χ3v) is 5.36. The summed E-state index contributed by atoms with van der Waals surface area (Å²) in [4.78, 5) is 17.4. The Morgan fingerprint density at radius 2 is 2.00 bits per heavy atom. The molecular formula is C19H17Cl2N3O2S. The Kier molecular flexibility index (Phi) is 6.55. The molecule has 3 aromatic rings. The van der Waals surface area contributed by atoms with E-state index in [1.807, 2.05) is 36.4 Å². The Balaban J connectivity index is 1.55. The Hall–Kier alpha value is -2.28. The van der Waals surface area contributed by atoms with Gasteiger partial charge in [-0.2, -0.15) is 0 Å². The molecule has 0 aliphatic heterocycles. The predicted molar refractivity (Wildman–Crippen MR) is 111 cm³/mol. The van der Waals surface area contributed by atoms with E-state index in [0.29, 0.717) is 27.3 Å². The summed E-state index contributed by atoms with van der Waals surface area (Å²) in [5.74, 6) is 0.500. The number of aromatic nitrogens is 1. The molecule has 140 valence electrons. The van der Waals surface area contributed by atoms with Crippen LogP contribution in [0.25, 0.3) is 0 Å². The van der Waals surface area contributed by atoms with Crippen molar-refractivity contribution in [1.29, 1.82) is 0 Å². The molecule has 1 heterocycles. The van der Waals surface area contributed by atoms with Crippen LogP contribution in [0.1, 0.15) is 10.4 Å². The number of halogens is 2. The van der Waals surface area contributed by atoms with Gasteiger partial charge in [0.1, 0.15) is 5.75 Å². The first kappa shape index (κ1) is 19.5. The van der Waals surface area contributed by atoms with Crippen LogP contribution >= 0.6 is 34.5 Å². The van der Waals surface area contributed by atoms with E-state index in [1.165, 1.54) is 11.3 Å². The van der Waals surface area contributed by atoms with Crippen LogP contribution in [0.3, 0.4) is 0 Å². The molecule has 2 aromatic carbocycles. The normalized spacial score (nSPS) is 10.5. The zero-order chi connectivity index (χ0) is 19.2. The molecule has 0 fully saturated rings. The van der Waals surface area contributed by atoms with E-state index >= 15 is 0 Å². The first-order chi connectivity index (χ1) is 13.0. The number of para-hydroxylation sites is 2. The van der Waals surface area contributed by atoms with Gasteiger partial charge in [0.25, 0.3) is 0 Å². The van der Waals surface area contributed by atoms with E-state index in [9.17, 15) is 4.79 Å². The fraction of sp³-hybridized carbons (Fsp3) is 0.158. The van der Waals surface area contributed by atoms with Crippen molar-refractivity contribution in [3.63, 3.8) is 0 Å². The second kappa shape index (κ2) is 9.08. The van der Waals surface area contributed by atoms with Gasteiger partial charge in [-0.25, -0.2) is 4.98 Å². The molecule has 1 amide bonds. The molecule has 0 saturated carbocycles. The van der Waals surface area contributed by atoms with Gasteiger partial charge in [0.15, 0.2) is 5.13 Å². The van der Waals surface area contributed by atoms with Crippen molar-refractivity contribution in [2.45, 2.75) is 6.42 Å². The van der Waals surface area contributed by atoms with Gasteiger partial charge in [-0.1, -0.05) is 41.4 Å². The van der Waals surface area contributed by atoms with Crippen LogP contribution in [0.4, 0.5) is 10.8 Å². The highest BCUT2D eigenvalue weighted by atomic mass is 35.5. The van der Waals surface area contributed by atoms with Crippen LogP contribution in [0.2, 0.25) is 10.0 Å². The monoisotopic (exact) mass is 421 g/mol. The van der Waals surface area contributed by atoms with Gasteiger partial charge in [0, 0.05) is 17.5 Å². The minimum Gasteiger partial charge on any atom is -0.495 e. The highest BCUT2D eigenvalue weighted by molar-refractivity contribution is 7.15. The van der Waals surface area contributed by atoms with E-state index in [-0.39, 0.29) is 12.5 Å². The Labute approximate surface area is 171 Å². The lowest BCUT2D eigenvalue weighted by molar-refractivity contribution is -0.114. The predicted octanol–water partition coefficient (Wildman–Crippen LogP) is 5.10. The maximum absolute atomic E-state index is 12.2. The molecule has 0 bridgehead atoms. The molecular weight excluding hydrogens is 405 g/mol. The first-order valence-electron chi connectivity index (χ1n) is 8.10. The molecule has 27 heavy (non-hydrogen) atoms. The molecule has 8 heteroatoms. The van der Waals surface area contributed by atoms with E-state index < -0.39 is 0 Å². The summed E-state index contributed by atoms with van der Waals surface area (Å²) in [7, 11) is 1.59. The highest BCUT2D eigenvalue weighted by Gasteiger charge is 2.09. The molecule has 2 N–H and O–H groups in total. The van der Waals surface area contributed by atoms with Gasteiger partial charge >= 0.3 is 0 Å². The standard InChI is InChI=1S/C19H17Cl2N3O2S/c1-26-17-5-3-2-4-16(17)22-11-18(25)24-19-23-10-13(27-19)8-12-6-7-14(20)15(21)9-12/h2-7,9-10,22H,8,11H2,1H3,(H,23,24,25). The van der Waals surface area contributed by atoms with Crippen molar-refractivity contribution < 1.29 is 9.53 Å². The van der Waals surface area contributed by atoms with Crippen molar-refractivity contribution >= 4 is 51.3 Å². The van der Waals surface area contributed by atoms with Crippen molar-refractivity contribution in [2.24, 2.45) is 0 Å². The molecule has 0 atom stereocenters. The molecule has 0 aliphatic carbocycles. The van der Waals surface area contributed by atoms with Gasteiger partial charge in [0.05, 0.1) is 29.4 Å². The highest BCUT2D eigenvalue weighted by Crippen LogP contribution is 2.26. The number of hydrogen-bond donors (Lipinski definition) is 2. The second-order valence-corrected chi connectivity index (χ2v) is 7.59. The van der Waals surface area contributed by atoms with Crippen molar-refractivity contribution in [3.8, 4) is 5.75 Å². The van der Waals surface area contributed by atoms with Crippen LogP contribution in [0.5, 0.6) is 5.75 Å². The topological polar surface area (TPSA) is 63.2 Å². The molecule has 5 nitrogen and oxygen atoms in total. The molecule has 0 saturated heterocycles. The number of carbonyl (C=O) groups excluding carboxylic acids is 1. The van der Waals surface area contributed by atoms with Crippen LogP contribution in [-0.4, -0.2) is 24.5 Å². The van der Waals surface area contributed by atoms with E-state index in [4.69, 9.17) is 27.9 Å². The van der Waals surface area contributed by atoms with E-state index in [1.54, 1.807) is 19.4 Å². The van der Waals surface area contributed by atoms with Gasteiger partial charge < -0.3 is 15.4 Å². The molecule has 0 radical (unpaired) electrons. The van der Waals surface area contributed by atoms with Crippen LogP contribution in [-0.2, 0) is 11.2 Å². The Morgan fingerprint density at radius 3 is 2.78 bits per heavy atom. The number of nitrogens with zero attached hydrogens (tertiary/aromatic N) is 1. The smallest absolute Gasteiger partial charge is 0.245 e. The zero-order valence-electron chi connectivity index (χ0n) is 14.5.